The van der Waals surface area contributed by atoms with Gasteiger partial charge < -0.3 is 14.2 Å². The first kappa shape index (κ1) is 20.1. The van der Waals surface area contributed by atoms with E-state index in [1.54, 1.807) is 12.1 Å². The standard InChI is InChI=1S/C20H25FO5/c1-4-5-6-7-10-24-13-15-9-8-14(12-17(15)21)11-16-18(22)25-20(2,3)26-19(16)23/h8-9,11-12H,4-7,10,13H2,1-3H3. The van der Waals surface area contributed by atoms with Crippen LogP contribution < -0.4 is 0 Å². The van der Waals surface area contributed by atoms with Gasteiger partial charge in [0.1, 0.15) is 11.4 Å². The van der Waals surface area contributed by atoms with Crippen LogP contribution in [0.3, 0.4) is 0 Å². The number of rotatable bonds is 8. The quantitative estimate of drug-likeness (QED) is 0.300. The van der Waals surface area contributed by atoms with Crippen LogP contribution >= 0.6 is 0 Å². The highest BCUT2D eigenvalue weighted by Crippen LogP contribution is 2.24. The van der Waals surface area contributed by atoms with Crippen LogP contribution in [0, 0.1) is 5.82 Å². The van der Waals surface area contributed by atoms with Gasteiger partial charge >= 0.3 is 11.9 Å². The maximum Gasteiger partial charge on any atom is 0.348 e. The highest BCUT2D eigenvalue weighted by Gasteiger charge is 2.38. The van der Waals surface area contributed by atoms with Gasteiger partial charge in [0.15, 0.2) is 0 Å². The van der Waals surface area contributed by atoms with E-state index >= 15 is 0 Å². The number of cyclic esters (lactones) is 2. The molecule has 0 aromatic heterocycles. The fourth-order valence-electron chi connectivity index (χ4n) is 2.53. The molecule has 2 rings (SSSR count). The molecule has 0 unspecified atom stereocenters. The summed E-state index contributed by atoms with van der Waals surface area (Å²) in [6, 6.07) is 4.45. The Hall–Kier alpha value is -2.21. The molecule has 0 N–H and O–H groups in total. The number of benzene rings is 1. The van der Waals surface area contributed by atoms with Crippen molar-refractivity contribution in [3.05, 3.63) is 40.7 Å². The van der Waals surface area contributed by atoms with E-state index in [2.05, 4.69) is 6.92 Å². The third-order valence-electron chi connectivity index (χ3n) is 3.90. The second-order valence-corrected chi connectivity index (χ2v) is 6.70. The second-order valence-electron chi connectivity index (χ2n) is 6.70. The van der Waals surface area contributed by atoms with Gasteiger partial charge in [0.25, 0.3) is 5.79 Å². The lowest BCUT2D eigenvalue weighted by molar-refractivity contribution is -0.222. The van der Waals surface area contributed by atoms with Crippen LogP contribution in [0.15, 0.2) is 23.8 Å². The number of ether oxygens (including phenoxy) is 3. The predicted molar refractivity (Wildman–Crippen MR) is 94.4 cm³/mol. The highest BCUT2D eigenvalue weighted by atomic mass is 19.1. The Kier molecular flexibility index (Phi) is 6.91. The second kappa shape index (κ2) is 8.94. The third kappa shape index (κ3) is 5.66. The van der Waals surface area contributed by atoms with Crippen molar-refractivity contribution in [2.45, 2.75) is 58.8 Å². The molecule has 0 aliphatic carbocycles. The summed E-state index contributed by atoms with van der Waals surface area (Å²) < 4.78 is 29.7. The Morgan fingerprint density at radius 2 is 1.81 bits per heavy atom. The number of carbonyl (C=O) groups is 2. The van der Waals surface area contributed by atoms with E-state index in [0.717, 1.165) is 19.3 Å². The summed E-state index contributed by atoms with van der Waals surface area (Å²) in [5.74, 6) is -3.32. The van der Waals surface area contributed by atoms with Crippen LogP contribution in [0.25, 0.3) is 6.08 Å². The summed E-state index contributed by atoms with van der Waals surface area (Å²) in [5, 5.41) is 0. The van der Waals surface area contributed by atoms with Crippen LogP contribution in [-0.2, 0) is 30.4 Å². The molecule has 5 nitrogen and oxygen atoms in total. The average molecular weight is 364 g/mol. The van der Waals surface area contributed by atoms with Crippen LogP contribution in [0.1, 0.15) is 57.6 Å². The molecule has 0 saturated carbocycles. The van der Waals surface area contributed by atoms with Gasteiger partial charge in [-0.05, 0) is 24.1 Å². The van der Waals surface area contributed by atoms with Gasteiger partial charge in [-0.25, -0.2) is 14.0 Å². The zero-order valence-electron chi connectivity index (χ0n) is 15.5. The SMILES string of the molecule is CCCCCCOCc1ccc(C=C2C(=O)OC(C)(C)OC2=O)cc1F. The van der Waals surface area contributed by atoms with Crippen molar-refractivity contribution in [3.8, 4) is 0 Å². The molecule has 26 heavy (non-hydrogen) atoms. The van der Waals surface area contributed by atoms with Gasteiger partial charge in [-0.15, -0.1) is 0 Å². The van der Waals surface area contributed by atoms with E-state index in [1.165, 1.54) is 32.4 Å². The maximum absolute atomic E-state index is 14.2. The molecule has 0 bridgehead atoms. The number of unbranched alkanes of at least 4 members (excludes halogenated alkanes) is 3. The van der Waals surface area contributed by atoms with Crippen LogP contribution in [0.2, 0.25) is 0 Å². The molecule has 1 aliphatic heterocycles. The number of hydrogen-bond donors (Lipinski definition) is 0. The van der Waals surface area contributed by atoms with E-state index in [1.807, 2.05) is 0 Å². The molecule has 1 aromatic carbocycles. The molecular weight excluding hydrogens is 339 g/mol. The molecule has 6 heteroatoms. The Labute approximate surface area is 153 Å². The van der Waals surface area contributed by atoms with Gasteiger partial charge in [-0.2, -0.15) is 0 Å². The Morgan fingerprint density at radius 3 is 2.42 bits per heavy atom. The molecular formula is C20H25FO5. The molecule has 0 spiro atoms. The lowest BCUT2D eigenvalue weighted by atomic mass is 10.1. The first-order valence-electron chi connectivity index (χ1n) is 8.87. The van der Waals surface area contributed by atoms with Crippen molar-refractivity contribution >= 4 is 18.0 Å². The minimum absolute atomic E-state index is 0.188. The first-order valence-corrected chi connectivity index (χ1v) is 8.87. The zero-order valence-corrected chi connectivity index (χ0v) is 15.5. The molecule has 1 heterocycles. The minimum Gasteiger partial charge on any atom is -0.419 e. The van der Waals surface area contributed by atoms with Gasteiger partial charge in [0.2, 0.25) is 0 Å². The molecule has 0 radical (unpaired) electrons. The molecule has 1 aromatic rings. The topological polar surface area (TPSA) is 61.8 Å². The number of esters is 2. The van der Waals surface area contributed by atoms with Gasteiger partial charge in [0.05, 0.1) is 6.61 Å². The van der Waals surface area contributed by atoms with Crippen LogP contribution in [0.4, 0.5) is 4.39 Å². The number of halogens is 1. The fraction of sp³-hybridized carbons (Fsp3) is 0.500. The lowest BCUT2D eigenvalue weighted by Crippen LogP contribution is -2.41. The molecule has 1 aliphatic rings. The largest absolute Gasteiger partial charge is 0.419 e. The molecule has 1 saturated heterocycles. The van der Waals surface area contributed by atoms with Crippen LogP contribution in [0.5, 0.6) is 0 Å². The Morgan fingerprint density at radius 1 is 1.12 bits per heavy atom. The maximum atomic E-state index is 14.2. The zero-order chi connectivity index (χ0) is 19.2. The van der Waals surface area contributed by atoms with Gasteiger partial charge in [-0.1, -0.05) is 38.3 Å². The summed E-state index contributed by atoms with van der Waals surface area (Å²) in [6.45, 7) is 5.86. The molecule has 0 amide bonds. The van der Waals surface area contributed by atoms with Crippen molar-refractivity contribution in [2.24, 2.45) is 0 Å². The van der Waals surface area contributed by atoms with Crippen molar-refractivity contribution in [1.82, 2.24) is 0 Å². The summed E-state index contributed by atoms with van der Waals surface area (Å²) in [7, 11) is 0. The lowest BCUT2D eigenvalue weighted by Gasteiger charge is -2.29. The van der Waals surface area contributed by atoms with Gasteiger partial charge in [-0.3, -0.25) is 0 Å². The summed E-state index contributed by atoms with van der Waals surface area (Å²) >= 11 is 0. The Bertz CT molecular complexity index is 671. The summed E-state index contributed by atoms with van der Waals surface area (Å²) in [5.41, 5.74) is 0.541. The van der Waals surface area contributed by atoms with E-state index in [9.17, 15) is 14.0 Å². The fourth-order valence-corrected chi connectivity index (χ4v) is 2.53. The highest BCUT2D eigenvalue weighted by molar-refractivity contribution is 6.18. The van der Waals surface area contributed by atoms with Crippen LogP contribution in [-0.4, -0.2) is 24.3 Å². The average Bonchev–Trinajstić information content (AvgIpc) is 2.55. The number of hydrogen-bond acceptors (Lipinski definition) is 5. The predicted octanol–water partition coefficient (Wildman–Crippen LogP) is 4.14. The molecule has 0 atom stereocenters. The number of carbonyl (C=O) groups excluding carboxylic acids is 2. The van der Waals surface area contributed by atoms with Gasteiger partial charge in [0, 0.05) is 26.0 Å². The van der Waals surface area contributed by atoms with Crippen molar-refractivity contribution in [2.75, 3.05) is 6.61 Å². The molecule has 1 fully saturated rings. The summed E-state index contributed by atoms with van der Waals surface area (Å²) in [4.78, 5) is 23.8. The third-order valence-corrected chi connectivity index (χ3v) is 3.90. The normalized spacial score (nSPS) is 16.2. The van der Waals surface area contributed by atoms with E-state index in [0.29, 0.717) is 17.7 Å². The minimum atomic E-state index is -1.30. The van der Waals surface area contributed by atoms with E-state index < -0.39 is 23.5 Å². The molecule has 142 valence electrons. The van der Waals surface area contributed by atoms with Crippen molar-refractivity contribution < 1.29 is 28.2 Å². The first-order chi connectivity index (χ1) is 12.3. The summed E-state index contributed by atoms with van der Waals surface area (Å²) in [6.07, 6.45) is 5.65. The van der Waals surface area contributed by atoms with Crippen molar-refractivity contribution in [3.63, 3.8) is 0 Å². The van der Waals surface area contributed by atoms with E-state index in [4.69, 9.17) is 14.2 Å². The Balaban J connectivity index is 1.98. The monoisotopic (exact) mass is 364 g/mol. The smallest absolute Gasteiger partial charge is 0.348 e. The van der Waals surface area contributed by atoms with Crippen molar-refractivity contribution in [1.29, 1.82) is 0 Å². The van der Waals surface area contributed by atoms with E-state index in [-0.39, 0.29) is 12.2 Å².